The maximum atomic E-state index is 14.1. The number of ether oxygens (including phenoxy) is 1. The Morgan fingerprint density at radius 3 is 2.89 bits per heavy atom. The topological polar surface area (TPSA) is 115 Å². The predicted molar refractivity (Wildman–Crippen MR) is 94.5 cm³/mol. The lowest BCUT2D eigenvalue weighted by Crippen LogP contribution is -2.38. The molecule has 1 fully saturated rings. The van der Waals surface area contributed by atoms with E-state index in [0.717, 1.165) is 0 Å². The number of aromatic nitrogens is 4. The van der Waals surface area contributed by atoms with Crippen molar-refractivity contribution >= 4 is 11.8 Å². The molecule has 1 aliphatic rings. The molecule has 152 valence electrons. The number of carbonyl (C=O) groups excluding carboxylic acids is 2. The average molecular weight is 394 g/mol. The van der Waals surface area contributed by atoms with E-state index < -0.39 is 12.2 Å². The summed E-state index contributed by atoms with van der Waals surface area (Å²) >= 11 is 0. The average Bonchev–Trinajstić information content (AvgIpc) is 3.35. The molecule has 1 aliphatic heterocycles. The van der Waals surface area contributed by atoms with E-state index in [1.807, 2.05) is 0 Å². The van der Waals surface area contributed by atoms with Crippen LogP contribution >= 0.6 is 0 Å². The third-order valence-electron chi connectivity index (χ3n) is 4.63. The van der Waals surface area contributed by atoms with Gasteiger partial charge in [-0.1, -0.05) is 10.4 Å². The monoisotopic (exact) mass is 394 g/mol. The van der Waals surface area contributed by atoms with Gasteiger partial charge in [-0.2, -0.15) is 0 Å². The molecule has 0 aliphatic carbocycles. The molecule has 10 nitrogen and oxygen atoms in total. The fourth-order valence-electron chi connectivity index (χ4n) is 3.28. The molecule has 3 rings (SSSR count). The number of halogens is 1. The van der Waals surface area contributed by atoms with Crippen molar-refractivity contribution in [2.75, 3.05) is 26.8 Å². The zero-order valence-electron chi connectivity index (χ0n) is 16.0. The smallest absolute Gasteiger partial charge is 0.273 e. The first-order valence-corrected chi connectivity index (χ1v) is 8.95. The van der Waals surface area contributed by atoms with E-state index in [1.165, 1.54) is 22.9 Å². The predicted octanol–water partition coefficient (Wildman–Crippen LogP) is 0.512. The fraction of sp³-hybridized carbons (Fsp3) is 0.588. The molecule has 28 heavy (non-hydrogen) atoms. The van der Waals surface area contributed by atoms with E-state index in [-0.39, 0.29) is 37.0 Å². The molecule has 2 aromatic heterocycles. The Balaban J connectivity index is 1.69. The van der Waals surface area contributed by atoms with Crippen molar-refractivity contribution in [3.63, 3.8) is 0 Å². The second-order valence-electron chi connectivity index (χ2n) is 6.72. The first-order valence-electron chi connectivity index (χ1n) is 8.95. The summed E-state index contributed by atoms with van der Waals surface area (Å²) in [5, 5.41) is 14.2. The molecule has 3 heterocycles. The van der Waals surface area contributed by atoms with Gasteiger partial charge in [0.25, 0.3) is 11.8 Å². The number of rotatable bonds is 7. The summed E-state index contributed by atoms with van der Waals surface area (Å²) in [7, 11) is 1.54. The first-order chi connectivity index (χ1) is 13.4. The molecule has 2 aromatic rings. The number of hydrogen-bond acceptors (Lipinski definition) is 7. The van der Waals surface area contributed by atoms with Crippen LogP contribution in [0.15, 0.2) is 10.7 Å². The van der Waals surface area contributed by atoms with E-state index in [2.05, 4.69) is 20.8 Å². The van der Waals surface area contributed by atoms with Gasteiger partial charge in [-0.05, 0) is 13.8 Å². The zero-order chi connectivity index (χ0) is 20.3. The van der Waals surface area contributed by atoms with Gasteiger partial charge >= 0.3 is 0 Å². The lowest BCUT2D eigenvalue weighted by Gasteiger charge is -2.24. The summed E-state index contributed by atoms with van der Waals surface area (Å²) in [6.07, 6.45) is 0.533. The zero-order valence-corrected chi connectivity index (χ0v) is 16.0. The van der Waals surface area contributed by atoms with Crippen LogP contribution in [0, 0.1) is 13.8 Å². The number of carbonyl (C=O) groups is 2. The molecular formula is C17H23FN6O4. The number of hydrogen-bond donors (Lipinski definition) is 1. The second-order valence-corrected chi connectivity index (χ2v) is 6.72. The maximum absolute atomic E-state index is 14.1. The van der Waals surface area contributed by atoms with Crippen molar-refractivity contribution in [1.29, 1.82) is 0 Å². The van der Waals surface area contributed by atoms with Crippen LogP contribution in [-0.4, -0.2) is 75.9 Å². The molecule has 1 saturated heterocycles. The van der Waals surface area contributed by atoms with Crippen molar-refractivity contribution in [3.05, 3.63) is 28.9 Å². The Morgan fingerprint density at radius 1 is 1.43 bits per heavy atom. The van der Waals surface area contributed by atoms with Crippen LogP contribution in [0.1, 0.15) is 38.7 Å². The Labute approximate surface area is 161 Å². The van der Waals surface area contributed by atoms with E-state index >= 15 is 0 Å². The third kappa shape index (κ3) is 4.19. The number of likely N-dealkylation sites (tertiary alicyclic amines) is 1. The number of methoxy groups -OCH3 is 1. The molecule has 1 N–H and O–H groups in total. The van der Waals surface area contributed by atoms with Crippen molar-refractivity contribution in [3.8, 4) is 0 Å². The Hall–Kier alpha value is -2.82. The summed E-state index contributed by atoms with van der Waals surface area (Å²) in [6.45, 7) is 4.29. The summed E-state index contributed by atoms with van der Waals surface area (Å²) in [6, 6.07) is -0.415. The van der Waals surface area contributed by atoms with Gasteiger partial charge in [0.05, 0.1) is 37.6 Å². The van der Waals surface area contributed by atoms with Crippen molar-refractivity contribution in [2.45, 2.75) is 39.0 Å². The number of alkyl halides is 1. The van der Waals surface area contributed by atoms with Gasteiger partial charge in [-0.25, -0.2) is 9.07 Å². The molecule has 0 aromatic carbocycles. The van der Waals surface area contributed by atoms with E-state index in [9.17, 15) is 14.0 Å². The van der Waals surface area contributed by atoms with Crippen LogP contribution in [0.2, 0.25) is 0 Å². The first kappa shape index (κ1) is 19.9. The maximum Gasteiger partial charge on any atom is 0.273 e. The standard InChI is InChI=1S/C17H23FN6O4/c1-10-15(11(2)28-21-10)17(26)24-7-12(18)6-13(24)8-23-9-14(20-22-23)16(25)19-4-5-27-3/h9,12-13H,4-8H2,1-3H3,(H,19,25)/t12-,13-/m0/s1. The lowest BCUT2D eigenvalue weighted by molar-refractivity contribution is 0.0711. The second kappa shape index (κ2) is 8.46. The highest BCUT2D eigenvalue weighted by Crippen LogP contribution is 2.26. The molecule has 0 bridgehead atoms. The Kier molecular flexibility index (Phi) is 6.02. The molecule has 2 amide bonds. The van der Waals surface area contributed by atoms with Crippen molar-refractivity contribution < 1.29 is 23.2 Å². The highest BCUT2D eigenvalue weighted by Gasteiger charge is 2.38. The molecule has 11 heteroatoms. The van der Waals surface area contributed by atoms with Crippen LogP contribution < -0.4 is 5.32 Å². The van der Waals surface area contributed by atoms with Crippen LogP contribution in [-0.2, 0) is 11.3 Å². The van der Waals surface area contributed by atoms with Crippen LogP contribution in [0.25, 0.3) is 0 Å². The SMILES string of the molecule is COCCNC(=O)c1cn(C[C@@H]2C[C@H](F)CN2C(=O)c2c(C)noc2C)nn1. The summed E-state index contributed by atoms with van der Waals surface area (Å²) < 4.78 is 25.5. The number of nitrogens with zero attached hydrogens (tertiary/aromatic N) is 5. The Morgan fingerprint density at radius 2 is 2.21 bits per heavy atom. The molecule has 0 radical (unpaired) electrons. The lowest BCUT2D eigenvalue weighted by atomic mass is 10.1. The number of nitrogens with one attached hydrogen (secondary N) is 1. The van der Waals surface area contributed by atoms with Crippen LogP contribution in [0.3, 0.4) is 0 Å². The molecule has 0 saturated carbocycles. The minimum Gasteiger partial charge on any atom is -0.383 e. The largest absolute Gasteiger partial charge is 0.383 e. The number of aryl methyl sites for hydroxylation is 2. The molecule has 0 spiro atoms. The summed E-state index contributed by atoms with van der Waals surface area (Å²) in [5.74, 6) is -0.292. The summed E-state index contributed by atoms with van der Waals surface area (Å²) in [4.78, 5) is 26.4. The summed E-state index contributed by atoms with van der Waals surface area (Å²) in [5.41, 5.74) is 0.977. The van der Waals surface area contributed by atoms with Gasteiger partial charge in [0.2, 0.25) is 0 Å². The van der Waals surface area contributed by atoms with E-state index in [1.54, 1.807) is 13.8 Å². The minimum absolute atomic E-state index is 0.00732. The fourth-order valence-corrected chi connectivity index (χ4v) is 3.28. The van der Waals surface area contributed by atoms with Gasteiger partial charge < -0.3 is 19.5 Å². The Bertz CT molecular complexity index is 831. The highest BCUT2D eigenvalue weighted by atomic mass is 19.1. The third-order valence-corrected chi connectivity index (χ3v) is 4.63. The molecule has 2 atom stereocenters. The van der Waals surface area contributed by atoms with Crippen molar-refractivity contribution in [2.24, 2.45) is 0 Å². The van der Waals surface area contributed by atoms with Gasteiger partial charge in [0, 0.05) is 20.1 Å². The van der Waals surface area contributed by atoms with Gasteiger partial charge in [-0.3, -0.25) is 9.59 Å². The van der Waals surface area contributed by atoms with Crippen molar-refractivity contribution in [1.82, 2.24) is 30.4 Å². The highest BCUT2D eigenvalue weighted by molar-refractivity contribution is 5.96. The van der Waals surface area contributed by atoms with Gasteiger partial charge in [0.1, 0.15) is 17.5 Å². The van der Waals surface area contributed by atoms with Crippen LogP contribution in [0.5, 0.6) is 0 Å². The number of amides is 2. The minimum atomic E-state index is -1.13. The normalized spacial score (nSPS) is 19.2. The van der Waals surface area contributed by atoms with E-state index in [4.69, 9.17) is 9.26 Å². The molecular weight excluding hydrogens is 371 g/mol. The van der Waals surface area contributed by atoms with Crippen LogP contribution in [0.4, 0.5) is 4.39 Å². The van der Waals surface area contributed by atoms with Gasteiger partial charge in [0.15, 0.2) is 5.69 Å². The quantitative estimate of drug-likeness (QED) is 0.681. The van der Waals surface area contributed by atoms with E-state index in [0.29, 0.717) is 30.2 Å². The molecule has 0 unspecified atom stereocenters. The van der Waals surface area contributed by atoms with Gasteiger partial charge in [-0.15, -0.1) is 5.10 Å².